The number of halogens is 1. The van der Waals surface area contributed by atoms with Gasteiger partial charge in [-0.1, -0.05) is 0 Å². The Morgan fingerprint density at radius 1 is 1.56 bits per heavy atom. The fourth-order valence-corrected chi connectivity index (χ4v) is 2.38. The van der Waals surface area contributed by atoms with Crippen molar-refractivity contribution in [1.29, 1.82) is 0 Å². The Bertz CT molecular complexity index is 420. The number of rotatable bonds is 4. The monoisotopic (exact) mass is 251 g/mol. The van der Waals surface area contributed by atoms with Crippen molar-refractivity contribution in [2.24, 2.45) is 0 Å². The average molecular weight is 251 g/mol. The third-order valence-corrected chi connectivity index (χ3v) is 3.23. The molecule has 0 aliphatic carbocycles. The molecule has 1 unspecified atom stereocenters. The van der Waals surface area contributed by atoms with E-state index in [1.807, 2.05) is 11.8 Å². The number of benzene rings is 1. The number of ether oxygens (including phenoxy) is 1. The highest BCUT2D eigenvalue weighted by molar-refractivity contribution is 5.76. The van der Waals surface area contributed by atoms with Crippen LogP contribution in [0.5, 0.6) is 0 Å². The Labute approximate surface area is 107 Å². The summed E-state index contributed by atoms with van der Waals surface area (Å²) in [7, 11) is 0. The van der Waals surface area contributed by atoms with E-state index in [2.05, 4.69) is 0 Å². The Hall–Kier alpha value is -1.42. The molecule has 1 aromatic carbocycles. The van der Waals surface area contributed by atoms with Crippen LogP contribution in [-0.2, 0) is 4.74 Å². The molecule has 2 rings (SSSR count). The van der Waals surface area contributed by atoms with Gasteiger partial charge in [-0.3, -0.25) is 4.79 Å². The first kappa shape index (κ1) is 13.0. The maximum Gasteiger partial charge on any atom is 0.150 e. The van der Waals surface area contributed by atoms with Gasteiger partial charge in [0.05, 0.1) is 11.8 Å². The van der Waals surface area contributed by atoms with Gasteiger partial charge >= 0.3 is 0 Å². The SMILES string of the molecule is CCOC1CCCN(c2ccc(C=O)cc2F)C1. The van der Waals surface area contributed by atoms with Gasteiger partial charge in [-0.15, -0.1) is 0 Å². The van der Waals surface area contributed by atoms with Crippen molar-refractivity contribution < 1.29 is 13.9 Å². The fraction of sp³-hybridized carbons (Fsp3) is 0.500. The van der Waals surface area contributed by atoms with Crippen LogP contribution in [0.2, 0.25) is 0 Å². The fourth-order valence-electron chi connectivity index (χ4n) is 2.38. The minimum Gasteiger partial charge on any atom is -0.377 e. The van der Waals surface area contributed by atoms with Gasteiger partial charge < -0.3 is 9.64 Å². The van der Waals surface area contributed by atoms with E-state index in [4.69, 9.17) is 4.74 Å². The number of piperidine rings is 1. The number of carbonyl (C=O) groups is 1. The molecule has 0 aromatic heterocycles. The zero-order valence-electron chi connectivity index (χ0n) is 10.6. The standard InChI is InChI=1S/C14H18FNO2/c1-2-18-12-4-3-7-16(9-12)14-6-5-11(10-17)8-13(14)15/h5-6,8,10,12H,2-4,7,9H2,1H3. The molecule has 1 aliphatic rings. The highest BCUT2D eigenvalue weighted by Gasteiger charge is 2.22. The van der Waals surface area contributed by atoms with Crippen molar-refractivity contribution in [3.8, 4) is 0 Å². The van der Waals surface area contributed by atoms with E-state index in [1.54, 1.807) is 12.1 Å². The molecule has 1 aromatic rings. The predicted molar refractivity (Wildman–Crippen MR) is 68.6 cm³/mol. The number of anilines is 1. The number of nitrogens with zero attached hydrogens (tertiary/aromatic N) is 1. The van der Waals surface area contributed by atoms with Crippen molar-refractivity contribution in [3.05, 3.63) is 29.6 Å². The lowest BCUT2D eigenvalue weighted by Crippen LogP contribution is -2.40. The lowest BCUT2D eigenvalue weighted by atomic mass is 10.1. The van der Waals surface area contributed by atoms with E-state index in [-0.39, 0.29) is 11.9 Å². The molecular weight excluding hydrogens is 233 g/mol. The molecule has 0 radical (unpaired) electrons. The highest BCUT2D eigenvalue weighted by atomic mass is 19.1. The summed E-state index contributed by atoms with van der Waals surface area (Å²) in [5, 5.41) is 0. The Kier molecular flexibility index (Phi) is 4.31. The molecule has 0 amide bonds. The molecule has 0 N–H and O–H groups in total. The van der Waals surface area contributed by atoms with Crippen LogP contribution < -0.4 is 4.90 Å². The third-order valence-electron chi connectivity index (χ3n) is 3.23. The third kappa shape index (κ3) is 2.88. The lowest BCUT2D eigenvalue weighted by molar-refractivity contribution is 0.0525. The van der Waals surface area contributed by atoms with Gasteiger partial charge in [0, 0.05) is 25.3 Å². The Morgan fingerprint density at radius 2 is 2.39 bits per heavy atom. The maximum atomic E-state index is 13.9. The van der Waals surface area contributed by atoms with Crippen LogP contribution >= 0.6 is 0 Å². The molecule has 1 heterocycles. The van der Waals surface area contributed by atoms with Crippen molar-refractivity contribution >= 4 is 12.0 Å². The van der Waals surface area contributed by atoms with Crippen LogP contribution in [0.4, 0.5) is 10.1 Å². The second-order valence-electron chi connectivity index (χ2n) is 4.49. The van der Waals surface area contributed by atoms with Crippen molar-refractivity contribution in [3.63, 3.8) is 0 Å². The minimum atomic E-state index is -0.336. The topological polar surface area (TPSA) is 29.5 Å². The second-order valence-corrected chi connectivity index (χ2v) is 4.49. The average Bonchev–Trinajstić information content (AvgIpc) is 2.39. The van der Waals surface area contributed by atoms with Crippen LogP contribution in [0.15, 0.2) is 18.2 Å². The normalized spacial score (nSPS) is 19.9. The summed E-state index contributed by atoms with van der Waals surface area (Å²) < 4.78 is 19.5. The predicted octanol–water partition coefficient (Wildman–Crippen LogP) is 2.64. The van der Waals surface area contributed by atoms with Crippen molar-refractivity contribution in [2.45, 2.75) is 25.9 Å². The first-order valence-electron chi connectivity index (χ1n) is 6.36. The summed E-state index contributed by atoms with van der Waals surface area (Å²) in [6.45, 7) is 4.20. The van der Waals surface area contributed by atoms with E-state index in [9.17, 15) is 9.18 Å². The van der Waals surface area contributed by atoms with E-state index in [0.717, 1.165) is 19.4 Å². The van der Waals surface area contributed by atoms with Crippen molar-refractivity contribution in [2.75, 3.05) is 24.6 Å². The largest absolute Gasteiger partial charge is 0.377 e. The minimum absolute atomic E-state index is 0.175. The molecule has 1 fully saturated rings. The van der Waals surface area contributed by atoms with Gasteiger partial charge in [-0.05, 0) is 38.0 Å². The molecular formula is C14H18FNO2. The zero-order chi connectivity index (χ0) is 13.0. The van der Waals surface area contributed by atoms with Crippen molar-refractivity contribution in [1.82, 2.24) is 0 Å². The van der Waals surface area contributed by atoms with Crippen LogP contribution in [0.3, 0.4) is 0 Å². The quantitative estimate of drug-likeness (QED) is 0.770. The van der Waals surface area contributed by atoms with Gasteiger partial charge in [-0.25, -0.2) is 4.39 Å². The van der Waals surface area contributed by atoms with Gasteiger partial charge in [0.1, 0.15) is 12.1 Å². The summed E-state index contributed by atoms with van der Waals surface area (Å²) in [6, 6.07) is 4.61. The molecule has 3 nitrogen and oxygen atoms in total. The van der Waals surface area contributed by atoms with Gasteiger partial charge in [0.15, 0.2) is 0 Å². The van der Waals surface area contributed by atoms with E-state index in [1.165, 1.54) is 6.07 Å². The summed E-state index contributed by atoms with van der Waals surface area (Å²) in [4.78, 5) is 12.6. The summed E-state index contributed by atoms with van der Waals surface area (Å²) >= 11 is 0. The lowest BCUT2D eigenvalue weighted by Gasteiger charge is -2.34. The number of hydrogen-bond donors (Lipinski definition) is 0. The Balaban J connectivity index is 2.13. The van der Waals surface area contributed by atoms with Crippen LogP contribution in [0, 0.1) is 5.82 Å². The van der Waals surface area contributed by atoms with Gasteiger partial charge in [0.2, 0.25) is 0 Å². The smallest absolute Gasteiger partial charge is 0.150 e. The summed E-state index contributed by atoms with van der Waals surface area (Å²) in [5.41, 5.74) is 0.930. The van der Waals surface area contributed by atoms with E-state index in [0.29, 0.717) is 30.7 Å². The van der Waals surface area contributed by atoms with E-state index >= 15 is 0 Å². The van der Waals surface area contributed by atoms with Crippen LogP contribution in [-0.4, -0.2) is 32.1 Å². The Morgan fingerprint density at radius 3 is 3.06 bits per heavy atom. The first-order chi connectivity index (χ1) is 8.74. The molecule has 0 spiro atoms. The summed E-state index contributed by atoms with van der Waals surface area (Å²) in [5.74, 6) is -0.336. The molecule has 0 bridgehead atoms. The molecule has 0 saturated carbocycles. The number of aldehydes is 1. The zero-order valence-corrected chi connectivity index (χ0v) is 10.6. The maximum absolute atomic E-state index is 13.9. The first-order valence-corrected chi connectivity index (χ1v) is 6.36. The molecule has 1 aliphatic heterocycles. The summed E-state index contributed by atoms with van der Waals surface area (Å²) in [6.07, 6.45) is 2.86. The second kappa shape index (κ2) is 5.96. The molecule has 4 heteroatoms. The van der Waals surface area contributed by atoms with Gasteiger partial charge in [0.25, 0.3) is 0 Å². The van der Waals surface area contributed by atoms with Crippen LogP contribution in [0.25, 0.3) is 0 Å². The number of hydrogen-bond acceptors (Lipinski definition) is 3. The molecule has 98 valence electrons. The highest BCUT2D eigenvalue weighted by Crippen LogP contribution is 2.24. The molecule has 1 atom stereocenters. The molecule has 1 saturated heterocycles. The molecule has 18 heavy (non-hydrogen) atoms. The number of carbonyl (C=O) groups excluding carboxylic acids is 1. The van der Waals surface area contributed by atoms with Crippen LogP contribution in [0.1, 0.15) is 30.1 Å². The van der Waals surface area contributed by atoms with E-state index < -0.39 is 0 Å². The van der Waals surface area contributed by atoms with Gasteiger partial charge in [-0.2, -0.15) is 0 Å².